The Labute approximate surface area is 113 Å². The van der Waals surface area contributed by atoms with Crippen LogP contribution < -0.4 is 5.32 Å². The van der Waals surface area contributed by atoms with Crippen LogP contribution >= 0.6 is 11.8 Å². The zero-order valence-corrected chi connectivity index (χ0v) is 12.4. The Morgan fingerprint density at radius 1 is 1.28 bits per heavy atom. The van der Waals surface area contributed by atoms with Crippen molar-refractivity contribution in [2.24, 2.45) is 0 Å². The molecule has 1 aromatic rings. The van der Waals surface area contributed by atoms with Gasteiger partial charge in [0.15, 0.2) is 0 Å². The molecule has 0 aromatic heterocycles. The molecule has 1 aromatic carbocycles. The smallest absolute Gasteiger partial charge is 0.411 e. The average Bonchev–Trinajstić information content (AvgIpc) is 2.21. The van der Waals surface area contributed by atoms with E-state index in [1.807, 2.05) is 32.0 Å². The van der Waals surface area contributed by atoms with Crippen molar-refractivity contribution >= 4 is 23.5 Å². The summed E-state index contributed by atoms with van der Waals surface area (Å²) in [5.41, 5.74) is 1.99. The number of rotatable bonds is 4. The van der Waals surface area contributed by atoms with Gasteiger partial charge in [-0.05, 0) is 38.5 Å². The molecule has 0 atom stereocenters. The van der Waals surface area contributed by atoms with Crippen molar-refractivity contribution in [2.75, 3.05) is 5.32 Å². The number of carbonyl (C=O) groups is 1. The summed E-state index contributed by atoms with van der Waals surface area (Å²) in [5, 5.41) is 3.25. The summed E-state index contributed by atoms with van der Waals surface area (Å²) in [4.78, 5) is 12.7. The van der Waals surface area contributed by atoms with Gasteiger partial charge in [-0.15, -0.1) is 11.8 Å². The Balaban J connectivity index is 2.75. The highest BCUT2D eigenvalue weighted by Gasteiger charge is 2.08. The van der Waals surface area contributed by atoms with Crippen LogP contribution in [0.2, 0.25) is 0 Å². The number of thioether (sulfide) groups is 1. The van der Waals surface area contributed by atoms with Crippen molar-refractivity contribution in [2.45, 2.75) is 50.9 Å². The van der Waals surface area contributed by atoms with Gasteiger partial charge in [0, 0.05) is 15.8 Å². The van der Waals surface area contributed by atoms with E-state index in [4.69, 9.17) is 4.74 Å². The fourth-order valence-electron chi connectivity index (χ4n) is 1.42. The van der Waals surface area contributed by atoms with Gasteiger partial charge in [-0.1, -0.05) is 19.9 Å². The van der Waals surface area contributed by atoms with Gasteiger partial charge in [-0.2, -0.15) is 0 Å². The van der Waals surface area contributed by atoms with Crippen LogP contribution in [0.25, 0.3) is 0 Å². The number of anilines is 1. The summed E-state index contributed by atoms with van der Waals surface area (Å²) in [6.45, 7) is 10.0. The standard InChI is InChI=1S/C14H21NO2S/c1-9(2)17-14(16)15-12-7-6-11(5)13(8-12)18-10(3)4/h6-10H,1-5H3,(H,15,16). The first-order valence-corrected chi connectivity index (χ1v) is 7.01. The van der Waals surface area contributed by atoms with Gasteiger partial charge in [0.1, 0.15) is 0 Å². The predicted molar refractivity (Wildman–Crippen MR) is 77.4 cm³/mol. The molecule has 0 radical (unpaired) electrons. The number of hydrogen-bond acceptors (Lipinski definition) is 3. The normalized spacial score (nSPS) is 10.8. The summed E-state index contributed by atoms with van der Waals surface area (Å²) in [6.07, 6.45) is -0.519. The molecule has 3 nitrogen and oxygen atoms in total. The fourth-order valence-corrected chi connectivity index (χ4v) is 2.38. The number of aryl methyl sites for hydroxylation is 1. The third-order valence-electron chi connectivity index (χ3n) is 2.14. The number of ether oxygens (including phenoxy) is 1. The van der Waals surface area contributed by atoms with E-state index in [9.17, 15) is 4.79 Å². The molecule has 1 rings (SSSR count). The van der Waals surface area contributed by atoms with Gasteiger partial charge < -0.3 is 4.74 Å². The second kappa shape index (κ2) is 6.69. The fraction of sp³-hybridized carbons (Fsp3) is 0.500. The summed E-state index contributed by atoms with van der Waals surface area (Å²) in [5.74, 6) is 0. The number of amides is 1. The molecule has 0 bridgehead atoms. The van der Waals surface area contributed by atoms with E-state index < -0.39 is 6.09 Å². The second-order valence-corrected chi connectivity index (χ2v) is 6.34. The van der Waals surface area contributed by atoms with Crippen LogP contribution in [0.15, 0.2) is 23.1 Å². The van der Waals surface area contributed by atoms with Crippen LogP contribution in [-0.2, 0) is 4.74 Å². The first-order chi connectivity index (χ1) is 8.38. The highest BCUT2D eigenvalue weighted by Crippen LogP contribution is 2.28. The minimum Gasteiger partial charge on any atom is -0.447 e. The molecule has 0 aliphatic rings. The van der Waals surface area contributed by atoms with E-state index in [1.54, 1.807) is 11.8 Å². The molecule has 0 saturated carbocycles. The van der Waals surface area contributed by atoms with E-state index in [1.165, 1.54) is 10.5 Å². The predicted octanol–water partition coefficient (Wildman–Crippen LogP) is 4.45. The van der Waals surface area contributed by atoms with Crippen LogP contribution in [-0.4, -0.2) is 17.4 Å². The van der Waals surface area contributed by atoms with Gasteiger partial charge in [0.2, 0.25) is 0 Å². The van der Waals surface area contributed by atoms with Crippen LogP contribution in [0.5, 0.6) is 0 Å². The second-order valence-electron chi connectivity index (χ2n) is 4.73. The molecule has 18 heavy (non-hydrogen) atoms. The topological polar surface area (TPSA) is 38.3 Å². The largest absolute Gasteiger partial charge is 0.447 e. The van der Waals surface area contributed by atoms with Crippen molar-refractivity contribution in [1.82, 2.24) is 0 Å². The number of nitrogens with one attached hydrogen (secondary N) is 1. The highest BCUT2D eigenvalue weighted by molar-refractivity contribution is 8.00. The molecule has 0 spiro atoms. The highest BCUT2D eigenvalue weighted by atomic mass is 32.2. The van der Waals surface area contributed by atoms with Crippen molar-refractivity contribution in [1.29, 1.82) is 0 Å². The van der Waals surface area contributed by atoms with Crippen LogP contribution in [0.4, 0.5) is 10.5 Å². The van der Waals surface area contributed by atoms with E-state index >= 15 is 0 Å². The van der Waals surface area contributed by atoms with E-state index in [0.29, 0.717) is 5.25 Å². The molecule has 0 fully saturated rings. The molecule has 0 aliphatic heterocycles. The van der Waals surface area contributed by atoms with E-state index in [0.717, 1.165) is 5.69 Å². The van der Waals surface area contributed by atoms with Gasteiger partial charge in [-0.3, -0.25) is 5.32 Å². The lowest BCUT2D eigenvalue weighted by Crippen LogP contribution is -2.18. The van der Waals surface area contributed by atoms with Gasteiger partial charge in [-0.25, -0.2) is 4.79 Å². The molecule has 1 N–H and O–H groups in total. The minimum absolute atomic E-state index is 0.111. The SMILES string of the molecule is Cc1ccc(NC(=O)OC(C)C)cc1SC(C)C. The van der Waals surface area contributed by atoms with Crippen LogP contribution in [0, 0.1) is 6.92 Å². The molecule has 0 saturated heterocycles. The Morgan fingerprint density at radius 3 is 2.50 bits per heavy atom. The third kappa shape index (κ3) is 5.00. The maximum Gasteiger partial charge on any atom is 0.411 e. The molecule has 0 aliphatic carbocycles. The van der Waals surface area contributed by atoms with Crippen molar-refractivity contribution in [3.05, 3.63) is 23.8 Å². The Morgan fingerprint density at radius 2 is 1.94 bits per heavy atom. The summed E-state index contributed by atoms with van der Waals surface area (Å²) >= 11 is 1.79. The van der Waals surface area contributed by atoms with Crippen molar-refractivity contribution in [3.63, 3.8) is 0 Å². The average molecular weight is 267 g/mol. The molecule has 4 heteroatoms. The molecular formula is C14H21NO2S. The Kier molecular flexibility index (Phi) is 5.54. The number of carbonyl (C=O) groups excluding carboxylic acids is 1. The molecule has 1 amide bonds. The lowest BCUT2D eigenvalue weighted by Gasteiger charge is -2.12. The van der Waals surface area contributed by atoms with Gasteiger partial charge >= 0.3 is 6.09 Å². The monoisotopic (exact) mass is 267 g/mol. The quantitative estimate of drug-likeness (QED) is 0.819. The Hall–Kier alpha value is -1.16. The molecule has 100 valence electrons. The number of benzene rings is 1. The lowest BCUT2D eigenvalue weighted by atomic mass is 10.2. The molecular weight excluding hydrogens is 246 g/mol. The lowest BCUT2D eigenvalue weighted by molar-refractivity contribution is 0.130. The van der Waals surface area contributed by atoms with E-state index in [2.05, 4.69) is 26.1 Å². The first-order valence-electron chi connectivity index (χ1n) is 6.13. The summed E-state index contributed by atoms with van der Waals surface area (Å²) in [6, 6.07) is 5.89. The maximum atomic E-state index is 11.5. The zero-order valence-electron chi connectivity index (χ0n) is 11.6. The Bertz CT molecular complexity index is 416. The summed E-state index contributed by atoms with van der Waals surface area (Å²) in [7, 11) is 0. The third-order valence-corrected chi connectivity index (χ3v) is 3.31. The first kappa shape index (κ1) is 14.9. The minimum atomic E-state index is -0.408. The zero-order chi connectivity index (χ0) is 13.7. The number of hydrogen-bond donors (Lipinski definition) is 1. The van der Waals surface area contributed by atoms with Gasteiger partial charge in [0.25, 0.3) is 0 Å². The molecule has 0 unspecified atom stereocenters. The van der Waals surface area contributed by atoms with Gasteiger partial charge in [0.05, 0.1) is 6.10 Å². The molecule has 0 heterocycles. The van der Waals surface area contributed by atoms with Crippen molar-refractivity contribution < 1.29 is 9.53 Å². The summed E-state index contributed by atoms with van der Waals surface area (Å²) < 4.78 is 5.05. The van der Waals surface area contributed by atoms with Crippen LogP contribution in [0.1, 0.15) is 33.3 Å². The van der Waals surface area contributed by atoms with Crippen molar-refractivity contribution in [3.8, 4) is 0 Å². The maximum absolute atomic E-state index is 11.5. The van der Waals surface area contributed by atoms with E-state index in [-0.39, 0.29) is 6.10 Å². The van der Waals surface area contributed by atoms with Crippen LogP contribution in [0.3, 0.4) is 0 Å².